The van der Waals surface area contributed by atoms with Gasteiger partial charge >= 0.3 is 19.8 Å². The first-order valence-electron chi connectivity index (χ1n) is 22.4. The summed E-state index contributed by atoms with van der Waals surface area (Å²) in [5.74, 6) is -0.794. The maximum absolute atomic E-state index is 12.7. The highest BCUT2D eigenvalue weighted by Crippen LogP contribution is 2.43. The Kier molecular flexibility index (Phi) is 36.5. The molecule has 0 spiro atoms. The molecule has 0 aromatic rings. The SMILES string of the molecule is CCCCCCCC/C=C\CCCCCCCCCC(=O)OCC(COP(=O)(O)OCC[N+](C)(C)C)OC(=O)CCCCCCCCCCCCCCC. The number of hydrogen-bond donors (Lipinski definition) is 1. The van der Waals surface area contributed by atoms with Crippen LogP contribution in [0.3, 0.4) is 0 Å². The third-order valence-corrected chi connectivity index (χ3v) is 10.8. The Bertz CT molecular complexity index is 938. The second-order valence-corrected chi connectivity index (χ2v) is 17.9. The highest BCUT2D eigenvalue weighted by Gasteiger charge is 2.27. The number of carbonyl (C=O) groups excluding carboxylic acids is 2. The second kappa shape index (κ2) is 37.3. The first-order valence-corrected chi connectivity index (χ1v) is 23.9. The number of carbonyl (C=O) groups is 2. The Morgan fingerprint density at radius 3 is 1.37 bits per heavy atom. The van der Waals surface area contributed by atoms with Crippen molar-refractivity contribution in [2.75, 3.05) is 47.5 Å². The lowest BCUT2D eigenvalue weighted by atomic mass is 10.0. The summed E-state index contributed by atoms with van der Waals surface area (Å²) in [5.41, 5.74) is 0. The molecular formula is C44H87NO8P+. The third kappa shape index (κ3) is 40.4. The largest absolute Gasteiger partial charge is 0.472 e. The summed E-state index contributed by atoms with van der Waals surface area (Å²) in [6.45, 7) is 4.43. The van der Waals surface area contributed by atoms with Gasteiger partial charge in [0.2, 0.25) is 0 Å². The molecule has 2 atom stereocenters. The Balaban J connectivity index is 4.31. The van der Waals surface area contributed by atoms with E-state index in [0.29, 0.717) is 17.4 Å². The number of phosphoric acid groups is 1. The van der Waals surface area contributed by atoms with Gasteiger partial charge in [0, 0.05) is 12.8 Å². The van der Waals surface area contributed by atoms with E-state index in [-0.39, 0.29) is 32.0 Å². The van der Waals surface area contributed by atoms with E-state index in [0.717, 1.165) is 32.1 Å². The molecular weight excluding hydrogens is 701 g/mol. The van der Waals surface area contributed by atoms with Gasteiger partial charge in [-0.2, -0.15) is 0 Å². The number of likely N-dealkylation sites (N-methyl/N-ethyl adjacent to an activating group) is 1. The number of phosphoric ester groups is 1. The van der Waals surface area contributed by atoms with Crippen molar-refractivity contribution in [1.82, 2.24) is 0 Å². The van der Waals surface area contributed by atoms with Gasteiger partial charge in [-0.15, -0.1) is 0 Å². The fourth-order valence-electron chi connectivity index (χ4n) is 6.24. The van der Waals surface area contributed by atoms with E-state index in [2.05, 4.69) is 26.0 Å². The Morgan fingerprint density at radius 2 is 0.944 bits per heavy atom. The average molecular weight is 789 g/mol. The molecule has 0 radical (unpaired) electrons. The van der Waals surface area contributed by atoms with E-state index in [1.165, 1.54) is 141 Å². The lowest BCUT2D eigenvalue weighted by molar-refractivity contribution is -0.870. The van der Waals surface area contributed by atoms with E-state index in [1.807, 2.05) is 21.1 Å². The van der Waals surface area contributed by atoms with Gasteiger partial charge in [0.1, 0.15) is 19.8 Å². The van der Waals surface area contributed by atoms with Crippen LogP contribution in [0.4, 0.5) is 0 Å². The van der Waals surface area contributed by atoms with Crippen molar-refractivity contribution in [2.24, 2.45) is 0 Å². The van der Waals surface area contributed by atoms with Gasteiger partial charge in [-0.25, -0.2) is 4.57 Å². The summed E-state index contributed by atoms with van der Waals surface area (Å²) in [7, 11) is 1.48. The first kappa shape index (κ1) is 52.8. The van der Waals surface area contributed by atoms with Gasteiger partial charge in [0.25, 0.3) is 0 Å². The summed E-state index contributed by atoms with van der Waals surface area (Å²) >= 11 is 0. The average Bonchev–Trinajstić information content (AvgIpc) is 3.12. The molecule has 0 fully saturated rings. The Hall–Kier alpha value is -1.25. The molecule has 2 unspecified atom stereocenters. The Morgan fingerprint density at radius 1 is 0.556 bits per heavy atom. The van der Waals surface area contributed by atoms with Crippen molar-refractivity contribution < 1.29 is 42.1 Å². The fourth-order valence-corrected chi connectivity index (χ4v) is 6.99. The normalized spacial score (nSPS) is 13.7. The van der Waals surface area contributed by atoms with Crippen LogP contribution in [0.1, 0.15) is 206 Å². The third-order valence-electron chi connectivity index (χ3n) is 9.80. The summed E-state index contributed by atoms with van der Waals surface area (Å²) < 4.78 is 34.3. The molecule has 0 saturated heterocycles. The molecule has 0 aromatic carbocycles. The molecule has 0 amide bonds. The van der Waals surface area contributed by atoms with Crippen molar-refractivity contribution >= 4 is 19.8 Å². The molecule has 9 nitrogen and oxygen atoms in total. The second-order valence-electron chi connectivity index (χ2n) is 16.4. The van der Waals surface area contributed by atoms with Crippen LogP contribution >= 0.6 is 7.82 Å². The van der Waals surface area contributed by atoms with Crippen LogP contribution in [0.5, 0.6) is 0 Å². The van der Waals surface area contributed by atoms with Crippen LogP contribution in [-0.4, -0.2) is 74.9 Å². The number of nitrogens with zero attached hydrogens (tertiary/aromatic N) is 1. The zero-order valence-corrected chi connectivity index (χ0v) is 36.9. The summed E-state index contributed by atoms with van der Waals surface area (Å²) in [4.78, 5) is 35.3. The lowest BCUT2D eigenvalue weighted by Crippen LogP contribution is -2.37. The quantitative estimate of drug-likeness (QED) is 0.0214. The van der Waals surface area contributed by atoms with Crippen LogP contribution in [-0.2, 0) is 32.7 Å². The van der Waals surface area contributed by atoms with Gasteiger partial charge in [-0.3, -0.25) is 18.6 Å². The fraction of sp³-hybridized carbons (Fsp3) is 0.909. The number of unbranched alkanes of at least 4 members (excludes halogenated alkanes) is 25. The van der Waals surface area contributed by atoms with Crippen molar-refractivity contribution in [3.05, 3.63) is 12.2 Å². The number of allylic oxidation sites excluding steroid dienone is 2. The molecule has 320 valence electrons. The zero-order chi connectivity index (χ0) is 40.0. The van der Waals surface area contributed by atoms with Crippen LogP contribution < -0.4 is 0 Å². The zero-order valence-electron chi connectivity index (χ0n) is 36.0. The standard InChI is InChI=1S/C44H86NO8P/c1-6-8-10-12-14-16-18-20-21-22-23-25-26-28-30-32-34-36-43(46)50-40-42(41-52-54(48,49)51-39-38-45(3,4)5)53-44(47)37-35-33-31-29-27-24-19-17-15-13-11-9-7-2/h20-21,42H,6-19,22-41H2,1-5H3/p+1/b21-20-. The van der Waals surface area contributed by atoms with Crippen LogP contribution in [0.2, 0.25) is 0 Å². The molecule has 0 aliphatic carbocycles. The van der Waals surface area contributed by atoms with Gasteiger partial charge in [0.05, 0.1) is 27.7 Å². The molecule has 10 heteroatoms. The minimum atomic E-state index is -4.37. The van der Waals surface area contributed by atoms with Gasteiger partial charge in [-0.05, 0) is 38.5 Å². The topological polar surface area (TPSA) is 108 Å². The molecule has 0 aliphatic rings. The molecule has 54 heavy (non-hydrogen) atoms. The molecule has 0 heterocycles. The molecule has 0 aromatic heterocycles. The van der Waals surface area contributed by atoms with Gasteiger partial charge in [0.15, 0.2) is 6.10 Å². The number of hydrogen-bond acceptors (Lipinski definition) is 7. The van der Waals surface area contributed by atoms with E-state index in [1.54, 1.807) is 0 Å². The molecule has 0 saturated carbocycles. The maximum Gasteiger partial charge on any atom is 0.472 e. The monoisotopic (exact) mass is 789 g/mol. The minimum Gasteiger partial charge on any atom is -0.462 e. The maximum atomic E-state index is 12.7. The molecule has 0 bridgehead atoms. The summed E-state index contributed by atoms with van der Waals surface area (Å²) in [6.07, 6.45) is 38.2. The Labute approximate surface area is 333 Å². The number of rotatable bonds is 41. The predicted molar refractivity (Wildman–Crippen MR) is 224 cm³/mol. The number of ether oxygens (including phenoxy) is 2. The molecule has 1 N–H and O–H groups in total. The predicted octanol–water partition coefficient (Wildman–Crippen LogP) is 12.6. The highest BCUT2D eigenvalue weighted by atomic mass is 31.2. The van der Waals surface area contributed by atoms with E-state index in [9.17, 15) is 19.0 Å². The first-order chi connectivity index (χ1) is 26.0. The summed E-state index contributed by atoms with van der Waals surface area (Å²) in [5, 5.41) is 0. The van der Waals surface area contributed by atoms with Crippen LogP contribution in [0.15, 0.2) is 12.2 Å². The van der Waals surface area contributed by atoms with Crippen LogP contribution in [0, 0.1) is 0 Å². The highest BCUT2D eigenvalue weighted by molar-refractivity contribution is 7.47. The van der Waals surface area contributed by atoms with E-state index >= 15 is 0 Å². The van der Waals surface area contributed by atoms with Crippen molar-refractivity contribution in [2.45, 2.75) is 213 Å². The van der Waals surface area contributed by atoms with E-state index < -0.39 is 26.5 Å². The summed E-state index contributed by atoms with van der Waals surface area (Å²) in [6, 6.07) is 0. The van der Waals surface area contributed by atoms with Gasteiger partial charge < -0.3 is 18.9 Å². The van der Waals surface area contributed by atoms with Crippen molar-refractivity contribution in [3.63, 3.8) is 0 Å². The van der Waals surface area contributed by atoms with E-state index in [4.69, 9.17) is 18.5 Å². The number of quaternary nitrogens is 1. The molecule has 0 rings (SSSR count). The lowest BCUT2D eigenvalue weighted by Gasteiger charge is -2.24. The van der Waals surface area contributed by atoms with Crippen molar-refractivity contribution in [1.29, 1.82) is 0 Å². The van der Waals surface area contributed by atoms with Crippen molar-refractivity contribution in [3.8, 4) is 0 Å². The smallest absolute Gasteiger partial charge is 0.462 e. The number of esters is 2. The van der Waals surface area contributed by atoms with Crippen LogP contribution in [0.25, 0.3) is 0 Å². The van der Waals surface area contributed by atoms with Gasteiger partial charge in [-0.1, -0.05) is 167 Å². The molecule has 0 aliphatic heterocycles. The minimum absolute atomic E-state index is 0.0342.